The van der Waals surface area contributed by atoms with E-state index < -0.39 is 0 Å². The maximum atomic E-state index is 11.0. The quantitative estimate of drug-likeness (QED) is 0.545. The van der Waals surface area contributed by atoms with Gasteiger partial charge in [-0.2, -0.15) is 5.10 Å². The number of fused-ring (bicyclic) bond motifs is 1. The maximum Gasteiger partial charge on any atom is 0.268 e. The Hall–Kier alpha value is -1.85. The summed E-state index contributed by atoms with van der Waals surface area (Å²) >= 11 is 0. The fourth-order valence-corrected chi connectivity index (χ4v) is 0.955. The molecule has 0 radical (unpaired) electrons. The van der Waals surface area contributed by atoms with E-state index in [0.29, 0.717) is 11.0 Å². The zero-order chi connectivity index (χ0) is 8.72. The largest absolute Gasteiger partial charge is 0.491 e. The predicted octanol–water partition coefficient (Wildman–Crippen LogP) is -0.638. The Morgan fingerprint density at radius 1 is 1.67 bits per heavy atom. The highest BCUT2D eigenvalue weighted by Crippen LogP contribution is 2.14. The number of H-pyrrole nitrogens is 1. The van der Waals surface area contributed by atoms with Crippen molar-refractivity contribution in [1.29, 1.82) is 0 Å². The van der Waals surface area contributed by atoms with Gasteiger partial charge >= 0.3 is 0 Å². The van der Waals surface area contributed by atoms with Gasteiger partial charge in [0.25, 0.3) is 11.4 Å². The third kappa shape index (κ3) is 0.777. The molecule has 6 nitrogen and oxygen atoms in total. The number of hydrogen-bond donors (Lipinski definition) is 2. The van der Waals surface area contributed by atoms with Crippen molar-refractivity contribution in [2.45, 2.75) is 0 Å². The molecule has 12 heavy (non-hydrogen) atoms. The number of hydrogen-bond acceptors (Lipinski definition) is 4. The molecule has 2 aromatic heterocycles. The standard InChI is InChI=1S/C6H6N4O2/c1-10-4(11)2-3-5(9-10)6(12)8-7-3/h2,7H,1H3,(H,8,12). The topological polar surface area (TPSA) is 83.8 Å². The number of nitrogens with one attached hydrogen (secondary N) is 1. The highest BCUT2D eigenvalue weighted by Gasteiger charge is 2.06. The van der Waals surface area contributed by atoms with Gasteiger partial charge in [0.2, 0.25) is 0 Å². The van der Waals surface area contributed by atoms with Crippen molar-refractivity contribution in [3.8, 4) is 5.88 Å². The summed E-state index contributed by atoms with van der Waals surface area (Å²) in [6, 6.07) is 1.33. The van der Waals surface area contributed by atoms with Crippen LogP contribution in [-0.4, -0.2) is 25.1 Å². The molecule has 0 aliphatic carbocycles. The van der Waals surface area contributed by atoms with E-state index in [4.69, 9.17) is 5.11 Å². The van der Waals surface area contributed by atoms with Crippen LogP contribution in [0.5, 0.6) is 5.88 Å². The molecule has 0 amide bonds. The minimum Gasteiger partial charge on any atom is -0.491 e. The summed E-state index contributed by atoms with van der Waals surface area (Å²) < 4.78 is 1.14. The van der Waals surface area contributed by atoms with Crippen LogP contribution in [0.25, 0.3) is 11.0 Å². The van der Waals surface area contributed by atoms with Gasteiger partial charge in [0.05, 0.1) is 5.52 Å². The Morgan fingerprint density at radius 3 is 3.17 bits per heavy atom. The summed E-state index contributed by atoms with van der Waals surface area (Å²) in [6.07, 6.45) is 0. The van der Waals surface area contributed by atoms with Crippen LogP contribution >= 0.6 is 0 Å². The maximum absolute atomic E-state index is 11.0. The van der Waals surface area contributed by atoms with Crippen LogP contribution in [0.3, 0.4) is 0 Å². The second kappa shape index (κ2) is 2.07. The van der Waals surface area contributed by atoms with Crippen molar-refractivity contribution >= 4 is 11.0 Å². The van der Waals surface area contributed by atoms with Crippen LogP contribution in [0.1, 0.15) is 0 Å². The van der Waals surface area contributed by atoms with Crippen molar-refractivity contribution in [1.82, 2.24) is 20.0 Å². The number of aromatic amines is 1. The number of nitrogens with zero attached hydrogens (tertiary/aromatic N) is 3. The fraction of sp³-hybridized carbons (Fsp3) is 0.167. The lowest BCUT2D eigenvalue weighted by atomic mass is 10.4. The zero-order valence-electron chi connectivity index (χ0n) is 6.27. The first kappa shape index (κ1) is 6.84. The molecule has 2 heterocycles. The van der Waals surface area contributed by atoms with E-state index >= 15 is 0 Å². The van der Waals surface area contributed by atoms with E-state index in [9.17, 15) is 4.79 Å². The summed E-state index contributed by atoms with van der Waals surface area (Å²) in [5.74, 6) is -0.194. The molecule has 0 atom stereocenters. The van der Waals surface area contributed by atoms with E-state index in [1.165, 1.54) is 13.1 Å². The third-order valence-corrected chi connectivity index (χ3v) is 1.59. The van der Waals surface area contributed by atoms with Crippen LogP contribution < -0.4 is 5.56 Å². The van der Waals surface area contributed by atoms with Gasteiger partial charge in [-0.05, 0) is 0 Å². The Kier molecular flexibility index (Phi) is 1.18. The first-order valence-corrected chi connectivity index (χ1v) is 3.30. The van der Waals surface area contributed by atoms with Crippen molar-refractivity contribution in [2.75, 3.05) is 0 Å². The highest BCUT2D eigenvalue weighted by atomic mass is 16.3. The van der Waals surface area contributed by atoms with E-state index in [2.05, 4.69) is 15.3 Å². The minimum atomic E-state index is -0.244. The van der Waals surface area contributed by atoms with Crippen LogP contribution in [0.2, 0.25) is 0 Å². The lowest BCUT2D eigenvalue weighted by molar-refractivity contribution is 0.455. The van der Waals surface area contributed by atoms with Crippen LogP contribution in [-0.2, 0) is 7.05 Å². The summed E-state index contributed by atoms with van der Waals surface area (Å²) in [5.41, 5.74) is 0.499. The van der Waals surface area contributed by atoms with Crippen molar-refractivity contribution < 1.29 is 5.11 Å². The van der Waals surface area contributed by atoms with Gasteiger partial charge in [-0.3, -0.25) is 9.89 Å². The summed E-state index contributed by atoms with van der Waals surface area (Å²) in [5, 5.41) is 18.9. The number of rotatable bonds is 0. The van der Waals surface area contributed by atoms with Gasteiger partial charge in [-0.15, -0.1) is 5.10 Å². The molecule has 0 unspecified atom stereocenters. The molecule has 6 heteroatoms. The lowest BCUT2D eigenvalue weighted by Crippen LogP contribution is -2.17. The van der Waals surface area contributed by atoms with E-state index in [1.807, 2.05) is 0 Å². The first-order chi connectivity index (χ1) is 5.68. The van der Waals surface area contributed by atoms with E-state index in [-0.39, 0.29) is 11.4 Å². The molecular weight excluding hydrogens is 160 g/mol. The van der Waals surface area contributed by atoms with Crippen molar-refractivity contribution in [2.24, 2.45) is 7.05 Å². The van der Waals surface area contributed by atoms with Crippen LogP contribution in [0, 0.1) is 0 Å². The molecule has 0 bridgehead atoms. The number of aromatic nitrogens is 4. The number of aromatic hydroxyl groups is 1. The summed E-state index contributed by atoms with van der Waals surface area (Å²) in [7, 11) is 1.51. The molecule has 2 aromatic rings. The third-order valence-electron chi connectivity index (χ3n) is 1.59. The normalized spacial score (nSPS) is 10.8. The van der Waals surface area contributed by atoms with Crippen LogP contribution in [0.15, 0.2) is 10.9 Å². The average Bonchev–Trinajstić information content (AvgIpc) is 2.35. The second-order valence-corrected chi connectivity index (χ2v) is 2.42. The monoisotopic (exact) mass is 166 g/mol. The molecule has 0 aromatic carbocycles. The van der Waals surface area contributed by atoms with Gasteiger partial charge in [-0.1, -0.05) is 0 Å². The van der Waals surface area contributed by atoms with Crippen LogP contribution in [0.4, 0.5) is 0 Å². The zero-order valence-corrected chi connectivity index (χ0v) is 6.27. The van der Waals surface area contributed by atoms with Crippen molar-refractivity contribution in [3.05, 3.63) is 16.4 Å². The SMILES string of the molecule is Cn1nc2c(O)n[nH]c2cc1=O. The molecule has 0 fully saturated rings. The van der Waals surface area contributed by atoms with Crippen molar-refractivity contribution in [3.63, 3.8) is 0 Å². The molecule has 0 aliphatic rings. The first-order valence-electron chi connectivity index (χ1n) is 3.30. The smallest absolute Gasteiger partial charge is 0.268 e. The Bertz CT molecular complexity index is 484. The van der Waals surface area contributed by atoms with Gasteiger partial charge in [-0.25, -0.2) is 4.68 Å². The van der Waals surface area contributed by atoms with Gasteiger partial charge in [0.15, 0.2) is 5.52 Å². The Balaban J connectivity index is 2.97. The molecule has 62 valence electrons. The molecular formula is C6H6N4O2. The summed E-state index contributed by atoms with van der Waals surface area (Å²) in [4.78, 5) is 11.0. The van der Waals surface area contributed by atoms with Gasteiger partial charge < -0.3 is 5.11 Å². The molecule has 0 saturated carbocycles. The average molecular weight is 166 g/mol. The molecule has 2 N–H and O–H groups in total. The predicted molar refractivity (Wildman–Crippen MR) is 40.8 cm³/mol. The molecule has 2 rings (SSSR count). The summed E-state index contributed by atoms with van der Waals surface area (Å²) in [6.45, 7) is 0. The van der Waals surface area contributed by atoms with Gasteiger partial charge in [0, 0.05) is 13.1 Å². The Labute approximate surface area is 66.4 Å². The second-order valence-electron chi connectivity index (χ2n) is 2.42. The van der Waals surface area contributed by atoms with Gasteiger partial charge in [0.1, 0.15) is 0 Å². The van der Waals surface area contributed by atoms with E-state index in [0.717, 1.165) is 4.68 Å². The molecule has 0 spiro atoms. The van der Waals surface area contributed by atoms with E-state index in [1.54, 1.807) is 0 Å². The Morgan fingerprint density at radius 2 is 2.42 bits per heavy atom. The minimum absolute atomic E-state index is 0.194. The number of aryl methyl sites for hydroxylation is 1. The molecule has 0 aliphatic heterocycles. The highest BCUT2D eigenvalue weighted by molar-refractivity contribution is 5.77. The lowest BCUT2D eigenvalue weighted by Gasteiger charge is -1.93. The fourth-order valence-electron chi connectivity index (χ4n) is 0.955. The molecule has 0 saturated heterocycles.